The molecule has 0 unspecified atom stereocenters. The molecular formula is C35H49FN2O6. The zero-order valence-electron chi connectivity index (χ0n) is 26.4. The minimum Gasteiger partial charge on any atom is -0.460 e. The van der Waals surface area contributed by atoms with Crippen LogP contribution in [0.25, 0.3) is 11.0 Å². The minimum atomic E-state index is -0.528. The number of furan rings is 1. The molecule has 2 aliphatic carbocycles. The van der Waals surface area contributed by atoms with Gasteiger partial charge >= 0.3 is 5.97 Å². The first-order valence-corrected chi connectivity index (χ1v) is 16.6. The van der Waals surface area contributed by atoms with Crippen LogP contribution in [-0.2, 0) is 25.5 Å². The van der Waals surface area contributed by atoms with E-state index >= 15 is 0 Å². The predicted molar refractivity (Wildman–Crippen MR) is 166 cm³/mol. The van der Waals surface area contributed by atoms with Gasteiger partial charge in [0.05, 0.1) is 12.6 Å². The van der Waals surface area contributed by atoms with Gasteiger partial charge in [0.25, 0.3) is 0 Å². The molecular weight excluding hydrogens is 563 g/mol. The highest BCUT2D eigenvalue weighted by molar-refractivity contribution is 5.97. The Bertz CT molecular complexity index is 1300. The average molecular weight is 613 g/mol. The van der Waals surface area contributed by atoms with Gasteiger partial charge in [-0.15, -0.1) is 0 Å². The number of nitrogens with two attached hydrogens (primary N) is 1. The summed E-state index contributed by atoms with van der Waals surface area (Å²) in [5.74, 6) is 0.468. The number of methoxy groups -OCH3 is 1. The van der Waals surface area contributed by atoms with Gasteiger partial charge < -0.3 is 24.5 Å². The average Bonchev–Trinajstić information content (AvgIpc) is 3.64. The molecule has 0 radical (unpaired) electrons. The van der Waals surface area contributed by atoms with Crippen molar-refractivity contribution in [3.8, 4) is 0 Å². The van der Waals surface area contributed by atoms with E-state index in [2.05, 4.69) is 0 Å². The third-order valence-corrected chi connectivity index (χ3v) is 10.5. The fourth-order valence-electron chi connectivity index (χ4n) is 8.00. The van der Waals surface area contributed by atoms with E-state index in [0.29, 0.717) is 49.5 Å². The van der Waals surface area contributed by atoms with Gasteiger partial charge in [0.15, 0.2) is 5.78 Å². The van der Waals surface area contributed by atoms with E-state index in [9.17, 15) is 18.8 Å². The summed E-state index contributed by atoms with van der Waals surface area (Å²) < 4.78 is 29.4. The molecule has 2 N–H and O–H groups in total. The summed E-state index contributed by atoms with van der Waals surface area (Å²) in [6, 6.07) is 4.74. The summed E-state index contributed by atoms with van der Waals surface area (Å²) in [7, 11) is 1.60. The fourth-order valence-corrected chi connectivity index (χ4v) is 8.00. The second-order valence-electron chi connectivity index (χ2n) is 13.3. The molecule has 44 heavy (non-hydrogen) atoms. The van der Waals surface area contributed by atoms with Crippen molar-refractivity contribution in [2.45, 2.75) is 96.1 Å². The van der Waals surface area contributed by atoms with Crippen LogP contribution >= 0.6 is 0 Å². The van der Waals surface area contributed by atoms with Gasteiger partial charge in [-0.05, 0) is 74.5 Å². The second kappa shape index (κ2) is 15.0. The maximum atomic E-state index is 14.2. The van der Waals surface area contributed by atoms with Crippen LogP contribution in [0.4, 0.5) is 4.39 Å². The molecule has 2 heterocycles. The summed E-state index contributed by atoms with van der Waals surface area (Å²) in [6.07, 6.45) is 10.4. The number of rotatable bonds is 12. The smallest absolute Gasteiger partial charge is 0.374 e. The summed E-state index contributed by atoms with van der Waals surface area (Å²) in [6.45, 7) is 2.67. The van der Waals surface area contributed by atoms with Crippen LogP contribution in [0.2, 0.25) is 0 Å². The monoisotopic (exact) mass is 612 g/mol. The van der Waals surface area contributed by atoms with E-state index in [0.717, 1.165) is 43.1 Å². The summed E-state index contributed by atoms with van der Waals surface area (Å²) in [5, 5.41) is 0.783. The van der Waals surface area contributed by atoms with Crippen molar-refractivity contribution < 1.29 is 32.7 Å². The van der Waals surface area contributed by atoms with Crippen LogP contribution in [0.1, 0.15) is 92.3 Å². The molecule has 1 aromatic carbocycles. The first-order chi connectivity index (χ1) is 21.3. The Morgan fingerprint density at radius 1 is 1.05 bits per heavy atom. The van der Waals surface area contributed by atoms with E-state index in [1.165, 1.54) is 19.3 Å². The zero-order chi connectivity index (χ0) is 31.2. The number of ketones is 1. The van der Waals surface area contributed by atoms with E-state index in [-0.39, 0.29) is 48.2 Å². The number of hydrogen-bond acceptors (Lipinski definition) is 7. The number of nitrogens with zero attached hydrogens (tertiary/aromatic N) is 1. The summed E-state index contributed by atoms with van der Waals surface area (Å²) in [4.78, 5) is 42.7. The normalized spacial score (nSPS) is 25.3. The number of carbonyl (C=O) groups excluding carboxylic acids is 3. The van der Waals surface area contributed by atoms with Crippen molar-refractivity contribution >= 4 is 28.6 Å². The molecule has 3 atom stereocenters. The van der Waals surface area contributed by atoms with Crippen molar-refractivity contribution in [3.63, 3.8) is 0 Å². The molecule has 1 saturated heterocycles. The molecule has 3 aliphatic rings. The van der Waals surface area contributed by atoms with E-state index < -0.39 is 24.7 Å². The fraction of sp³-hybridized carbons (Fsp3) is 0.686. The third-order valence-electron chi connectivity index (χ3n) is 10.5. The molecule has 5 rings (SSSR count). The highest BCUT2D eigenvalue weighted by atomic mass is 19.1. The number of carbonyl (C=O) groups is 3. The van der Waals surface area contributed by atoms with Gasteiger partial charge in [-0.2, -0.15) is 0 Å². The Hall–Kier alpha value is -2.78. The molecule has 2 aromatic rings. The first kappa shape index (κ1) is 32.6. The van der Waals surface area contributed by atoms with E-state index in [4.69, 9.17) is 19.6 Å². The van der Waals surface area contributed by atoms with Gasteiger partial charge in [0, 0.05) is 56.0 Å². The molecule has 8 nitrogen and oxygen atoms in total. The highest BCUT2D eigenvalue weighted by Gasteiger charge is 2.46. The number of benzene rings is 1. The molecule has 1 aromatic heterocycles. The lowest BCUT2D eigenvalue weighted by atomic mass is 9.75. The van der Waals surface area contributed by atoms with Crippen LogP contribution < -0.4 is 5.73 Å². The van der Waals surface area contributed by atoms with Crippen molar-refractivity contribution in [2.75, 3.05) is 33.5 Å². The molecule has 3 fully saturated rings. The van der Waals surface area contributed by atoms with Gasteiger partial charge in [0.2, 0.25) is 11.7 Å². The number of likely N-dealkylation sites (tertiary alicyclic amines) is 1. The van der Waals surface area contributed by atoms with Crippen LogP contribution in [0.15, 0.2) is 22.6 Å². The quantitative estimate of drug-likeness (QED) is 0.233. The van der Waals surface area contributed by atoms with E-state index in [1.807, 2.05) is 30.0 Å². The second-order valence-corrected chi connectivity index (χ2v) is 13.3. The molecule has 242 valence electrons. The van der Waals surface area contributed by atoms with Crippen LogP contribution in [0, 0.1) is 30.6 Å². The first-order valence-electron chi connectivity index (χ1n) is 16.6. The molecule has 9 heteroatoms. The van der Waals surface area contributed by atoms with Crippen molar-refractivity contribution in [2.24, 2.45) is 29.4 Å². The van der Waals surface area contributed by atoms with Gasteiger partial charge in [-0.3, -0.25) is 9.59 Å². The molecule has 1 amide bonds. The Morgan fingerprint density at radius 2 is 1.80 bits per heavy atom. The van der Waals surface area contributed by atoms with Gasteiger partial charge in [-0.25, -0.2) is 9.18 Å². The standard InChI is InChI=1S/C35H49FN2O6/c1-22-28-19-23(9-14-31(28)44-33(22)35(41)43-18-6-17-42-2)20-30(39)32-27(24-7-4-3-5-8-24)15-16-38(32)34(40)26-12-10-25(11-13-26)29(37)21-36/h9,14,19,24-27,29,32H,3-8,10-13,15-18,20-21,37H2,1-2H3/t25?,26?,27-,29+,32-/m0/s1. The number of ether oxygens (including phenoxy) is 2. The number of alkyl halides is 1. The number of halogens is 1. The Morgan fingerprint density at radius 3 is 2.50 bits per heavy atom. The maximum absolute atomic E-state index is 14.2. The third kappa shape index (κ3) is 7.20. The Balaban J connectivity index is 1.32. The summed E-state index contributed by atoms with van der Waals surface area (Å²) >= 11 is 0. The number of amides is 1. The molecule has 1 aliphatic heterocycles. The molecule has 0 bridgehead atoms. The molecule has 0 spiro atoms. The minimum absolute atomic E-state index is 0.0813. The number of Topliss-reactive ketones (excluding diaryl/α,β-unsaturated/α-hetero) is 1. The van der Waals surface area contributed by atoms with Crippen LogP contribution in [-0.4, -0.2) is 68.2 Å². The Kier molecular flexibility index (Phi) is 11.1. The lowest BCUT2D eigenvalue weighted by Gasteiger charge is -2.37. The maximum Gasteiger partial charge on any atom is 0.374 e. The topological polar surface area (TPSA) is 112 Å². The Labute approximate surface area is 260 Å². The highest BCUT2D eigenvalue weighted by Crippen LogP contribution is 2.41. The number of fused-ring (bicyclic) bond motifs is 1. The largest absolute Gasteiger partial charge is 0.460 e. The van der Waals surface area contributed by atoms with Crippen molar-refractivity contribution in [1.29, 1.82) is 0 Å². The van der Waals surface area contributed by atoms with Gasteiger partial charge in [0.1, 0.15) is 12.3 Å². The molecule has 2 saturated carbocycles. The number of aryl methyl sites for hydroxylation is 1. The number of esters is 1. The SMILES string of the molecule is COCCCOC(=O)c1oc2ccc(CC(=O)[C@@H]3[C@H](C4CCCCC4)CCN3C(=O)C3CCC([C@H](N)CF)CC3)cc2c1C. The van der Waals surface area contributed by atoms with Crippen LogP contribution in [0.3, 0.4) is 0 Å². The van der Waals surface area contributed by atoms with Gasteiger partial charge in [-0.1, -0.05) is 38.2 Å². The zero-order valence-corrected chi connectivity index (χ0v) is 26.4. The van der Waals surface area contributed by atoms with Crippen LogP contribution in [0.5, 0.6) is 0 Å². The van der Waals surface area contributed by atoms with E-state index in [1.54, 1.807) is 7.11 Å². The van der Waals surface area contributed by atoms with Crippen molar-refractivity contribution in [1.82, 2.24) is 4.90 Å². The summed E-state index contributed by atoms with van der Waals surface area (Å²) in [5.41, 5.74) is 8.07. The predicted octanol–water partition coefficient (Wildman–Crippen LogP) is 5.95. The lowest BCUT2D eigenvalue weighted by molar-refractivity contribution is -0.143. The van der Waals surface area contributed by atoms with Crippen molar-refractivity contribution in [3.05, 3.63) is 35.1 Å². The number of hydrogen-bond donors (Lipinski definition) is 1. The lowest BCUT2D eigenvalue weighted by Crippen LogP contribution is -2.48.